The van der Waals surface area contributed by atoms with Crippen molar-refractivity contribution in [1.82, 2.24) is 0 Å². The van der Waals surface area contributed by atoms with Crippen LogP contribution in [-0.4, -0.2) is 24.4 Å². The summed E-state index contributed by atoms with van der Waals surface area (Å²) in [5, 5.41) is 12.6. The second kappa shape index (κ2) is 5.44. The Labute approximate surface area is 106 Å². The molecule has 0 spiro atoms. The first-order valence-electron chi connectivity index (χ1n) is 6.17. The van der Waals surface area contributed by atoms with E-state index in [9.17, 15) is 9.50 Å². The highest BCUT2D eigenvalue weighted by Gasteiger charge is 2.20. The number of nitrogen functional groups attached to an aromatic ring is 1. The lowest BCUT2D eigenvalue weighted by molar-refractivity contribution is 0.126. The van der Waals surface area contributed by atoms with Crippen LogP contribution in [0.25, 0.3) is 0 Å². The molecule has 0 atom stereocenters. The van der Waals surface area contributed by atoms with E-state index in [1.165, 1.54) is 13.2 Å². The molecule has 0 heterocycles. The molecule has 1 aromatic carbocycles. The zero-order valence-electron chi connectivity index (χ0n) is 10.4. The fourth-order valence-electron chi connectivity index (χ4n) is 2.30. The maximum absolute atomic E-state index is 13.8. The van der Waals surface area contributed by atoms with Crippen molar-refractivity contribution >= 4 is 11.4 Å². The van der Waals surface area contributed by atoms with Crippen LogP contribution in [0.2, 0.25) is 0 Å². The maximum atomic E-state index is 13.8. The highest BCUT2D eigenvalue weighted by Crippen LogP contribution is 2.30. The summed E-state index contributed by atoms with van der Waals surface area (Å²) in [6, 6.07) is 3.03. The number of hydrogen-bond acceptors (Lipinski definition) is 4. The van der Waals surface area contributed by atoms with E-state index in [-0.39, 0.29) is 18.0 Å². The van der Waals surface area contributed by atoms with Crippen molar-refractivity contribution in [3.63, 3.8) is 0 Å². The number of anilines is 2. The van der Waals surface area contributed by atoms with Gasteiger partial charge in [0.25, 0.3) is 0 Å². The smallest absolute Gasteiger partial charge is 0.148 e. The van der Waals surface area contributed by atoms with Crippen LogP contribution in [0.3, 0.4) is 0 Å². The van der Waals surface area contributed by atoms with Crippen molar-refractivity contribution < 1.29 is 14.2 Å². The number of aliphatic hydroxyl groups excluding tert-OH is 1. The average Bonchev–Trinajstić information content (AvgIpc) is 2.35. The third-order valence-electron chi connectivity index (χ3n) is 3.38. The van der Waals surface area contributed by atoms with Crippen LogP contribution < -0.4 is 15.8 Å². The largest absolute Gasteiger partial charge is 0.495 e. The maximum Gasteiger partial charge on any atom is 0.148 e. The Morgan fingerprint density at radius 2 is 2.00 bits per heavy atom. The molecule has 0 bridgehead atoms. The van der Waals surface area contributed by atoms with Gasteiger partial charge in [0, 0.05) is 18.2 Å². The van der Waals surface area contributed by atoms with Gasteiger partial charge in [0.2, 0.25) is 0 Å². The molecule has 0 saturated heterocycles. The summed E-state index contributed by atoms with van der Waals surface area (Å²) in [5.74, 6) is 0.0918. The number of halogens is 1. The number of ether oxygens (including phenoxy) is 1. The van der Waals surface area contributed by atoms with Crippen molar-refractivity contribution in [3.05, 3.63) is 17.9 Å². The number of aliphatic hydroxyl groups is 1. The molecule has 0 radical (unpaired) electrons. The predicted molar refractivity (Wildman–Crippen MR) is 69.2 cm³/mol. The topological polar surface area (TPSA) is 67.5 Å². The molecule has 1 aliphatic carbocycles. The van der Waals surface area contributed by atoms with Gasteiger partial charge in [0.05, 0.1) is 24.6 Å². The van der Waals surface area contributed by atoms with Crippen LogP contribution in [0.15, 0.2) is 12.1 Å². The Bertz CT molecular complexity index is 418. The summed E-state index contributed by atoms with van der Waals surface area (Å²) in [6.45, 7) is 0. The average molecular weight is 254 g/mol. The normalized spacial score (nSPS) is 23.7. The van der Waals surface area contributed by atoms with Crippen LogP contribution in [0.4, 0.5) is 15.8 Å². The molecular formula is C13H19FN2O2. The summed E-state index contributed by atoms with van der Waals surface area (Å²) >= 11 is 0. The molecule has 18 heavy (non-hydrogen) atoms. The van der Waals surface area contributed by atoms with E-state index in [1.807, 2.05) is 0 Å². The predicted octanol–water partition coefficient (Wildman–Crippen LogP) is 2.13. The van der Waals surface area contributed by atoms with Crippen molar-refractivity contribution in [2.24, 2.45) is 0 Å². The molecule has 1 aromatic rings. The molecule has 2 rings (SSSR count). The molecule has 0 unspecified atom stereocenters. The van der Waals surface area contributed by atoms with Crippen LogP contribution >= 0.6 is 0 Å². The standard InChI is InChI=1S/C13H19FN2O2/c1-18-13-7-12(10(14)6-11(13)15)16-8-2-4-9(17)5-3-8/h6-9,16-17H,2-5,15H2,1H3. The summed E-state index contributed by atoms with van der Waals surface area (Å²) < 4.78 is 18.8. The van der Waals surface area contributed by atoms with Crippen molar-refractivity contribution in [2.45, 2.75) is 37.8 Å². The zero-order valence-corrected chi connectivity index (χ0v) is 10.4. The monoisotopic (exact) mass is 254 g/mol. The van der Waals surface area contributed by atoms with Crippen molar-refractivity contribution in [1.29, 1.82) is 0 Å². The molecule has 1 aliphatic rings. The Balaban J connectivity index is 2.09. The lowest BCUT2D eigenvalue weighted by atomic mass is 9.93. The third kappa shape index (κ3) is 2.85. The van der Waals surface area contributed by atoms with Crippen LogP contribution in [0.5, 0.6) is 5.75 Å². The van der Waals surface area contributed by atoms with Gasteiger partial charge in [-0.2, -0.15) is 0 Å². The number of methoxy groups -OCH3 is 1. The van der Waals surface area contributed by atoms with E-state index < -0.39 is 0 Å². The Hall–Kier alpha value is -1.49. The minimum absolute atomic E-state index is 0.191. The van der Waals surface area contributed by atoms with E-state index >= 15 is 0 Å². The van der Waals surface area contributed by atoms with Gasteiger partial charge in [-0.15, -0.1) is 0 Å². The highest BCUT2D eigenvalue weighted by atomic mass is 19.1. The quantitative estimate of drug-likeness (QED) is 0.723. The molecule has 0 aromatic heterocycles. The Morgan fingerprint density at radius 3 is 2.61 bits per heavy atom. The summed E-state index contributed by atoms with van der Waals surface area (Å²) in [4.78, 5) is 0. The van der Waals surface area contributed by atoms with E-state index in [4.69, 9.17) is 10.5 Å². The molecule has 1 fully saturated rings. The fraction of sp³-hybridized carbons (Fsp3) is 0.538. The lowest BCUT2D eigenvalue weighted by Crippen LogP contribution is -2.28. The van der Waals surface area contributed by atoms with Crippen molar-refractivity contribution in [2.75, 3.05) is 18.2 Å². The first kappa shape index (κ1) is 13.0. The van der Waals surface area contributed by atoms with E-state index in [1.54, 1.807) is 6.07 Å². The minimum atomic E-state index is -0.376. The second-order valence-corrected chi connectivity index (χ2v) is 4.72. The summed E-state index contributed by atoms with van der Waals surface area (Å²) in [6.07, 6.45) is 2.98. The number of hydrogen-bond donors (Lipinski definition) is 3. The fourth-order valence-corrected chi connectivity index (χ4v) is 2.30. The van der Waals surface area contributed by atoms with E-state index in [2.05, 4.69) is 5.32 Å². The van der Waals surface area contributed by atoms with Gasteiger partial charge in [-0.25, -0.2) is 4.39 Å². The van der Waals surface area contributed by atoms with Crippen LogP contribution in [0.1, 0.15) is 25.7 Å². The van der Waals surface area contributed by atoms with Gasteiger partial charge >= 0.3 is 0 Å². The number of nitrogens with one attached hydrogen (secondary N) is 1. The van der Waals surface area contributed by atoms with Crippen LogP contribution in [0, 0.1) is 5.82 Å². The molecule has 4 N–H and O–H groups in total. The molecule has 1 saturated carbocycles. The van der Waals surface area contributed by atoms with Gasteiger partial charge in [-0.1, -0.05) is 0 Å². The first-order valence-corrected chi connectivity index (χ1v) is 6.17. The Morgan fingerprint density at radius 1 is 1.33 bits per heavy atom. The van der Waals surface area contributed by atoms with Gasteiger partial charge < -0.3 is 20.9 Å². The minimum Gasteiger partial charge on any atom is -0.495 e. The zero-order chi connectivity index (χ0) is 13.1. The Kier molecular flexibility index (Phi) is 3.91. The van der Waals surface area contributed by atoms with E-state index in [0.29, 0.717) is 17.1 Å². The van der Waals surface area contributed by atoms with Gasteiger partial charge in [-0.05, 0) is 25.7 Å². The van der Waals surface area contributed by atoms with Crippen molar-refractivity contribution in [3.8, 4) is 5.75 Å². The van der Waals surface area contributed by atoms with Gasteiger partial charge in [0.1, 0.15) is 11.6 Å². The first-order chi connectivity index (χ1) is 8.60. The second-order valence-electron chi connectivity index (χ2n) is 4.72. The highest BCUT2D eigenvalue weighted by molar-refractivity contribution is 5.62. The van der Waals surface area contributed by atoms with Gasteiger partial charge in [-0.3, -0.25) is 0 Å². The molecule has 4 nitrogen and oxygen atoms in total. The summed E-state index contributed by atoms with van der Waals surface area (Å²) in [7, 11) is 1.50. The molecular weight excluding hydrogens is 235 g/mol. The van der Waals surface area contributed by atoms with E-state index in [0.717, 1.165) is 25.7 Å². The lowest BCUT2D eigenvalue weighted by Gasteiger charge is -2.27. The summed E-state index contributed by atoms with van der Waals surface area (Å²) in [5.41, 5.74) is 6.32. The number of benzene rings is 1. The molecule has 5 heteroatoms. The third-order valence-corrected chi connectivity index (χ3v) is 3.38. The molecule has 0 amide bonds. The SMILES string of the molecule is COc1cc(NC2CCC(O)CC2)c(F)cc1N. The molecule has 100 valence electrons. The van der Waals surface area contributed by atoms with Gasteiger partial charge in [0.15, 0.2) is 0 Å². The number of nitrogens with two attached hydrogens (primary N) is 1. The molecule has 0 aliphatic heterocycles. The van der Waals surface area contributed by atoms with Crippen LogP contribution in [-0.2, 0) is 0 Å². The number of rotatable bonds is 3.